The van der Waals surface area contributed by atoms with Crippen LogP contribution in [-0.4, -0.2) is 25.3 Å². The molecule has 0 radical (unpaired) electrons. The first-order valence-corrected chi connectivity index (χ1v) is 6.47. The van der Waals surface area contributed by atoms with E-state index < -0.39 is 5.54 Å². The molecule has 2 aromatic carbocycles. The van der Waals surface area contributed by atoms with Crippen LogP contribution < -0.4 is 10.6 Å². The second kappa shape index (κ2) is 6.03. The van der Waals surface area contributed by atoms with Gasteiger partial charge in [-0.1, -0.05) is 36.4 Å². The Bertz CT molecular complexity index is 561. The third-order valence-electron chi connectivity index (χ3n) is 3.40. The lowest BCUT2D eigenvalue weighted by atomic mass is 9.91. The zero-order valence-corrected chi connectivity index (χ0v) is 11.5. The van der Waals surface area contributed by atoms with Crippen LogP contribution in [0, 0.1) is 5.82 Å². The van der Waals surface area contributed by atoms with Gasteiger partial charge in [0.25, 0.3) is 0 Å². The van der Waals surface area contributed by atoms with E-state index in [9.17, 15) is 9.50 Å². The average molecular weight is 274 g/mol. The number of hydrogen-bond acceptors (Lipinski definition) is 3. The minimum absolute atomic E-state index is 0.184. The third-order valence-corrected chi connectivity index (χ3v) is 3.40. The smallest absolute Gasteiger partial charge is 0.125 e. The Kier molecular flexibility index (Phi) is 4.37. The van der Waals surface area contributed by atoms with Crippen molar-refractivity contribution in [2.75, 3.05) is 25.1 Å². The van der Waals surface area contributed by atoms with E-state index in [1.54, 1.807) is 6.07 Å². The molecule has 3 N–H and O–H groups in total. The largest absolute Gasteiger partial charge is 0.394 e. The highest BCUT2D eigenvalue weighted by Crippen LogP contribution is 2.22. The first-order chi connectivity index (χ1) is 9.55. The summed E-state index contributed by atoms with van der Waals surface area (Å²) in [6.45, 7) is 0.202. The van der Waals surface area contributed by atoms with Gasteiger partial charge in [0.2, 0.25) is 0 Å². The van der Waals surface area contributed by atoms with Crippen molar-refractivity contribution in [2.24, 2.45) is 5.73 Å². The highest BCUT2D eigenvalue weighted by molar-refractivity contribution is 5.46. The number of hydrogen-bond donors (Lipinski definition) is 2. The topological polar surface area (TPSA) is 49.5 Å². The van der Waals surface area contributed by atoms with Crippen LogP contribution in [-0.2, 0) is 5.54 Å². The van der Waals surface area contributed by atoms with Gasteiger partial charge in [-0.3, -0.25) is 0 Å². The summed E-state index contributed by atoms with van der Waals surface area (Å²) in [5, 5.41) is 9.66. The quantitative estimate of drug-likeness (QED) is 0.878. The molecule has 1 atom stereocenters. The molecule has 0 aliphatic rings. The van der Waals surface area contributed by atoms with Crippen molar-refractivity contribution >= 4 is 5.69 Å². The maximum Gasteiger partial charge on any atom is 0.125 e. The number of likely N-dealkylation sites (N-methyl/N-ethyl adjacent to an activating group) is 1. The van der Waals surface area contributed by atoms with E-state index in [0.29, 0.717) is 6.54 Å². The van der Waals surface area contributed by atoms with Gasteiger partial charge in [0.1, 0.15) is 5.82 Å². The summed E-state index contributed by atoms with van der Waals surface area (Å²) in [5.41, 5.74) is 7.00. The van der Waals surface area contributed by atoms with Crippen molar-refractivity contribution in [1.29, 1.82) is 0 Å². The van der Waals surface area contributed by atoms with Crippen molar-refractivity contribution in [3.05, 3.63) is 66.0 Å². The molecule has 3 nitrogen and oxygen atoms in total. The number of aliphatic hydroxyl groups excluding tert-OH is 1. The van der Waals surface area contributed by atoms with E-state index in [4.69, 9.17) is 5.73 Å². The Labute approximate surface area is 118 Å². The molecule has 0 saturated carbocycles. The molecule has 1 unspecified atom stereocenters. The van der Waals surface area contributed by atoms with E-state index in [0.717, 1.165) is 11.3 Å². The molecule has 2 aromatic rings. The van der Waals surface area contributed by atoms with Crippen LogP contribution in [0.5, 0.6) is 0 Å². The Balaban J connectivity index is 2.22. The number of rotatable bonds is 5. The zero-order chi connectivity index (χ0) is 14.6. The number of nitrogens with two attached hydrogens (primary N) is 1. The lowest BCUT2D eigenvalue weighted by molar-refractivity contribution is 0.200. The van der Waals surface area contributed by atoms with Crippen molar-refractivity contribution < 1.29 is 9.50 Å². The van der Waals surface area contributed by atoms with Gasteiger partial charge in [0.15, 0.2) is 0 Å². The minimum Gasteiger partial charge on any atom is -0.394 e. The second-order valence-corrected chi connectivity index (χ2v) is 5.02. The molecular formula is C16H19FN2O. The summed E-state index contributed by atoms with van der Waals surface area (Å²) in [7, 11) is 1.83. The number of anilines is 1. The second-order valence-electron chi connectivity index (χ2n) is 5.02. The number of benzene rings is 2. The number of halogens is 1. The molecule has 0 amide bonds. The molecule has 0 aliphatic heterocycles. The van der Waals surface area contributed by atoms with Crippen LogP contribution in [0.4, 0.5) is 10.1 Å². The van der Waals surface area contributed by atoms with Crippen molar-refractivity contribution in [1.82, 2.24) is 0 Å². The SMILES string of the molecule is CN(CC(N)(CO)c1ccccc1)c1cccc(F)c1. The summed E-state index contributed by atoms with van der Waals surface area (Å²) >= 11 is 0. The molecule has 0 aromatic heterocycles. The predicted molar refractivity (Wildman–Crippen MR) is 79.1 cm³/mol. The number of nitrogens with zero attached hydrogens (tertiary/aromatic N) is 1. The fourth-order valence-corrected chi connectivity index (χ4v) is 2.23. The van der Waals surface area contributed by atoms with Gasteiger partial charge in [0, 0.05) is 19.3 Å². The van der Waals surface area contributed by atoms with Crippen LogP contribution in [0.3, 0.4) is 0 Å². The molecular weight excluding hydrogens is 255 g/mol. The zero-order valence-electron chi connectivity index (χ0n) is 11.5. The normalized spacial score (nSPS) is 13.8. The van der Waals surface area contributed by atoms with Gasteiger partial charge in [-0.2, -0.15) is 0 Å². The van der Waals surface area contributed by atoms with Crippen LogP contribution in [0.15, 0.2) is 54.6 Å². The molecule has 0 fully saturated rings. The average Bonchev–Trinajstić information content (AvgIpc) is 2.48. The van der Waals surface area contributed by atoms with Crippen molar-refractivity contribution in [2.45, 2.75) is 5.54 Å². The monoisotopic (exact) mass is 274 g/mol. The van der Waals surface area contributed by atoms with E-state index in [1.165, 1.54) is 12.1 Å². The summed E-state index contributed by atoms with van der Waals surface area (Å²) in [6, 6.07) is 15.7. The van der Waals surface area contributed by atoms with Gasteiger partial charge in [-0.25, -0.2) is 4.39 Å². The molecule has 2 rings (SSSR count). The summed E-state index contributed by atoms with van der Waals surface area (Å²) in [4.78, 5) is 1.84. The van der Waals surface area contributed by atoms with Gasteiger partial charge < -0.3 is 15.7 Å². The van der Waals surface area contributed by atoms with Gasteiger partial charge in [0.05, 0.1) is 12.1 Å². The first-order valence-electron chi connectivity index (χ1n) is 6.47. The molecule has 0 heterocycles. The summed E-state index contributed by atoms with van der Waals surface area (Å²) < 4.78 is 13.3. The molecule has 0 aliphatic carbocycles. The lowest BCUT2D eigenvalue weighted by Gasteiger charge is -2.33. The van der Waals surface area contributed by atoms with Crippen LogP contribution in [0.1, 0.15) is 5.56 Å². The predicted octanol–water partition coefficient (Wildman–Crippen LogP) is 2.11. The standard InChI is InChI=1S/C16H19FN2O/c1-19(15-9-5-8-14(17)10-15)11-16(18,12-20)13-6-3-2-4-7-13/h2-10,20H,11-12,18H2,1H3. The number of aliphatic hydroxyl groups is 1. The van der Waals surface area contributed by atoms with Gasteiger partial charge in [-0.05, 0) is 23.8 Å². The lowest BCUT2D eigenvalue weighted by Crippen LogP contribution is -2.49. The molecule has 20 heavy (non-hydrogen) atoms. The highest BCUT2D eigenvalue weighted by Gasteiger charge is 2.28. The van der Waals surface area contributed by atoms with E-state index in [1.807, 2.05) is 48.3 Å². The van der Waals surface area contributed by atoms with Gasteiger partial charge in [-0.15, -0.1) is 0 Å². The van der Waals surface area contributed by atoms with Gasteiger partial charge >= 0.3 is 0 Å². The maximum atomic E-state index is 13.3. The Hall–Kier alpha value is -1.91. The van der Waals surface area contributed by atoms with E-state index >= 15 is 0 Å². The van der Waals surface area contributed by atoms with Crippen LogP contribution in [0.2, 0.25) is 0 Å². The Morgan fingerprint density at radius 2 is 1.85 bits per heavy atom. The maximum absolute atomic E-state index is 13.3. The summed E-state index contributed by atoms with van der Waals surface area (Å²) in [6.07, 6.45) is 0. The molecule has 0 bridgehead atoms. The molecule has 0 saturated heterocycles. The third kappa shape index (κ3) is 3.15. The highest BCUT2D eigenvalue weighted by atomic mass is 19.1. The van der Waals surface area contributed by atoms with Crippen molar-refractivity contribution in [3.63, 3.8) is 0 Å². The minimum atomic E-state index is -0.887. The van der Waals surface area contributed by atoms with E-state index in [-0.39, 0.29) is 12.4 Å². The Morgan fingerprint density at radius 3 is 2.45 bits per heavy atom. The molecule has 0 spiro atoms. The van der Waals surface area contributed by atoms with Crippen LogP contribution >= 0.6 is 0 Å². The fraction of sp³-hybridized carbons (Fsp3) is 0.250. The van der Waals surface area contributed by atoms with Crippen molar-refractivity contribution in [3.8, 4) is 0 Å². The van der Waals surface area contributed by atoms with E-state index in [2.05, 4.69) is 0 Å². The molecule has 4 heteroatoms. The first kappa shape index (κ1) is 14.5. The summed E-state index contributed by atoms with van der Waals surface area (Å²) in [5.74, 6) is -0.291. The Morgan fingerprint density at radius 1 is 1.15 bits per heavy atom. The van der Waals surface area contributed by atoms with Crippen LogP contribution in [0.25, 0.3) is 0 Å². The fourth-order valence-electron chi connectivity index (χ4n) is 2.23. The molecule has 106 valence electrons.